The highest BCUT2D eigenvalue weighted by Crippen LogP contribution is 2.27. The van der Waals surface area contributed by atoms with E-state index < -0.39 is 5.97 Å². The Morgan fingerprint density at radius 1 is 1.29 bits per heavy atom. The zero-order chi connectivity index (χ0) is 17.3. The number of fused-ring (bicyclic) bond motifs is 1. The SMILES string of the molecule is Cc1cc(C(C)Nc2ccccc2C(=O)O)c2nc[nH]c(=O)c2c1. The number of nitrogens with zero attached hydrogens (tertiary/aromatic N) is 1. The van der Waals surface area contributed by atoms with Crippen molar-refractivity contribution >= 4 is 22.6 Å². The van der Waals surface area contributed by atoms with Gasteiger partial charge in [0.05, 0.1) is 28.8 Å². The Morgan fingerprint density at radius 2 is 2.04 bits per heavy atom. The largest absolute Gasteiger partial charge is 0.478 e. The number of aromatic carboxylic acids is 1. The van der Waals surface area contributed by atoms with Gasteiger partial charge in [0.2, 0.25) is 0 Å². The molecule has 0 aliphatic carbocycles. The van der Waals surface area contributed by atoms with Crippen LogP contribution in [0.2, 0.25) is 0 Å². The van der Waals surface area contributed by atoms with Crippen molar-refractivity contribution in [1.29, 1.82) is 0 Å². The molecule has 0 saturated heterocycles. The molecule has 6 nitrogen and oxygen atoms in total. The molecule has 1 heterocycles. The topological polar surface area (TPSA) is 95.1 Å². The quantitative estimate of drug-likeness (QED) is 0.686. The number of aromatic amines is 1. The number of H-pyrrole nitrogens is 1. The average Bonchev–Trinajstić information content (AvgIpc) is 2.55. The van der Waals surface area contributed by atoms with Crippen LogP contribution in [0.4, 0.5) is 5.69 Å². The van der Waals surface area contributed by atoms with Crippen LogP contribution < -0.4 is 10.9 Å². The van der Waals surface area contributed by atoms with Gasteiger partial charge in [-0.25, -0.2) is 9.78 Å². The number of carbonyl (C=O) groups is 1. The molecule has 0 bridgehead atoms. The molecule has 1 atom stereocenters. The van der Waals surface area contributed by atoms with Crippen molar-refractivity contribution < 1.29 is 9.90 Å². The zero-order valence-corrected chi connectivity index (χ0v) is 13.3. The molecule has 2 aromatic carbocycles. The summed E-state index contributed by atoms with van der Waals surface area (Å²) < 4.78 is 0. The molecule has 0 spiro atoms. The van der Waals surface area contributed by atoms with Crippen molar-refractivity contribution in [3.63, 3.8) is 0 Å². The average molecular weight is 323 g/mol. The highest BCUT2D eigenvalue weighted by Gasteiger charge is 2.16. The van der Waals surface area contributed by atoms with Gasteiger partial charge in [0.15, 0.2) is 0 Å². The molecule has 6 heteroatoms. The molecule has 0 fully saturated rings. The maximum Gasteiger partial charge on any atom is 0.337 e. The minimum Gasteiger partial charge on any atom is -0.478 e. The van der Waals surface area contributed by atoms with Crippen molar-refractivity contribution in [2.45, 2.75) is 19.9 Å². The molecule has 0 aliphatic rings. The molecule has 0 aliphatic heterocycles. The fourth-order valence-corrected chi connectivity index (χ4v) is 2.79. The van der Waals surface area contributed by atoms with Crippen LogP contribution in [-0.2, 0) is 0 Å². The summed E-state index contributed by atoms with van der Waals surface area (Å²) in [4.78, 5) is 30.2. The Bertz CT molecular complexity index is 979. The van der Waals surface area contributed by atoms with Gasteiger partial charge < -0.3 is 15.4 Å². The van der Waals surface area contributed by atoms with Crippen LogP contribution in [0.15, 0.2) is 47.5 Å². The molecule has 3 aromatic rings. The van der Waals surface area contributed by atoms with E-state index >= 15 is 0 Å². The second-order valence-electron chi connectivity index (χ2n) is 5.70. The van der Waals surface area contributed by atoms with Gasteiger partial charge in [-0.2, -0.15) is 0 Å². The molecular weight excluding hydrogens is 306 g/mol. The third-order valence-corrected chi connectivity index (χ3v) is 3.91. The molecule has 0 radical (unpaired) electrons. The number of nitrogens with one attached hydrogen (secondary N) is 2. The lowest BCUT2D eigenvalue weighted by Gasteiger charge is -2.19. The molecule has 3 N–H and O–H groups in total. The lowest BCUT2D eigenvalue weighted by atomic mass is 10.0. The molecular formula is C18H17N3O3. The van der Waals surface area contributed by atoms with Crippen LogP contribution in [0.1, 0.15) is 34.5 Å². The molecule has 3 rings (SSSR count). The standard InChI is InChI=1S/C18H17N3O3/c1-10-7-13(16-14(8-10)17(22)20-9-19-16)11(2)21-15-6-4-3-5-12(15)18(23)24/h3-9,11,21H,1-2H3,(H,23,24)(H,19,20,22). The van der Waals surface area contributed by atoms with Gasteiger partial charge in [-0.05, 0) is 37.6 Å². The lowest BCUT2D eigenvalue weighted by Crippen LogP contribution is -2.14. The molecule has 24 heavy (non-hydrogen) atoms. The monoisotopic (exact) mass is 323 g/mol. The van der Waals surface area contributed by atoms with Gasteiger partial charge in [-0.3, -0.25) is 4.79 Å². The van der Waals surface area contributed by atoms with Crippen LogP contribution in [0.25, 0.3) is 10.9 Å². The number of benzene rings is 2. The Kier molecular flexibility index (Phi) is 4.04. The number of aromatic nitrogens is 2. The highest BCUT2D eigenvalue weighted by atomic mass is 16.4. The maximum absolute atomic E-state index is 12.0. The summed E-state index contributed by atoms with van der Waals surface area (Å²) in [6.45, 7) is 3.82. The van der Waals surface area contributed by atoms with E-state index in [1.54, 1.807) is 30.3 Å². The Hall–Kier alpha value is -3.15. The number of carboxylic acids is 1. The number of hydrogen-bond donors (Lipinski definition) is 3. The van der Waals surface area contributed by atoms with Crippen molar-refractivity contribution in [2.75, 3.05) is 5.32 Å². The Labute approximate surface area is 138 Å². The summed E-state index contributed by atoms with van der Waals surface area (Å²) in [6.07, 6.45) is 1.38. The van der Waals surface area contributed by atoms with Crippen molar-refractivity contribution in [1.82, 2.24) is 9.97 Å². The smallest absolute Gasteiger partial charge is 0.337 e. The molecule has 0 amide bonds. The van der Waals surface area contributed by atoms with E-state index in [4.69, 9.17) is 0 Å². The van der Waals surface area contributed by atoms with E-state index in [9.17, 15) is 14.7 Å². The third-order valence-electron chi connectivity index (χ3n) is 3.91. The van der Waals surface area contributed by atoms with Gasteiger partial charge in [-0.15, -0.1) is 0 Å². The van der Waals surface area contributed by atoms with E-state index in [1.807, 2.05) is 19.9 Å². The summed E-state index contributed by atoms with van der Waals surface area (Å²) in [5, 5.41) is 13.0. The van der Waals surface area contributed by atoms with Crippen LogP contribution in [0.5, 0.6) is 0 Å². The van der Waals surface area contributed by atoms with E-state index in [0.29, 0.717) is 16.6 Å². The van der Waals surface area contributed by atoms with Crippen LogP contribution in [0, 0.1) is 6.92 Å². The first-order chi connectivity index (χ1) is 11.5. The second kappa shape index (κ2) is 6.16. The first-order valence-corrected chi connectivity index (χ1v) is 7.54. The summed E-state index contributed by atoms with van der Waals surface area (Å²) in [5.74, 6) is -0.992. The van der Waals surface area contributed by atoms with Gasteiger partial charge >= 0.3 is 5.97 Å². The van der Waals surface area contributed by atoms with Gasteiger partial charge in [0.25, 0.3) is 5.56 Å². The van der Waals surface area contributed by atoms with Crippen LogP contribution >= 0.6 is 0 Å². The predicted octanol–water partition coefficient (Wildman–Crippen LogP) is 3.10. The Balaban J connectivity index is 2.07. The van der Waals surface area contributed by atoms with Crippen LogP contribution in [0.3, 0.4) is 0 Å². The minimum atomic E-state index is -0.992. The van der Waals surface area contributed by atoms with Gasteiger partial charge in [0, 0.05) is 11.3 Å². The number of rotatable bonds is 4. The fraction of sp³-hybridized carbons (Fsp3) is 0.167. The van der Waals surface area contributed by atoms with Crippen LogP contribution in [-0.4, -0.2) is 21.0 Å². The van der Waals surface area contributed by atoms with E-state index in [-0.39, 0.29) is 17.2 Å². The second-order valence-corrected chi connectivity index (χ2v) is 5.70. The number of anilines is 1. The first-order valence-electron chi connectivity index (χ1n) is 7.54. The summed E-state index contributed by atoms with van der Waals surface area (Å²) in [7, 11) is 0. The van der Waals surface area contributed by atoms with Crippen molar-refractivity contribution in [2.24, 2.45) is 0 Å². The fourth-order valence-electron chi connectivity index (χ4n) is 2.79. The number of carboxylic acid groups (broad SMARTS) is 1. The summed E-state index contributed by atoms with van der Waals surface area (Å²) in [5.41, 5.74) is 2.93. The van der Waals surface area contributed by atoms with Gasteiger partial charge in [-0.1, -0.05) is 18.2 Å². The zero-order valence-electron chi connectivity index (χ0n) is 13.3. The van der Waals surface area contributed by atoms with E-state index in [2.05, 4.69) is 15.3 Å². The lowest BCUT2D eigenvalue weighted by molar-refractivity contribution is 0.0698. The molecule has 1 unspecified atom stereocenters. The summed E-state index contributed by atoms with van der Waals surface area (Å²) >= 11 is 0. The van der Waals surface area contributed by atoms with Crippen molar-refractivity contribution in [3.8, 4) is 0 Å². The maximum atomic E-state index is 12.0. The first kappa shape index (κ1) is 15.7. The van der Waals surface area contributed by atoms with Crippen molar-refractivity contribution in [3.05, 3.63) is 69.8 Å². The van der Waals surface area contributed by atoms with E-state index in [1.165, 1.54) is 6.33 Å². The number of hydrogen-bond acceptors (Lipinski definition) is 4. The predicted molar refractivity (Wildman–Crippen MR) is 92.5 cm³/mol. The molecule has 1 aromatic heterocycles. The Morgan fingerprint density at radius 3 is 2.79 bits per heavy atom. The van der Waals surface area contributed by atoms with E-state index in [0.717, 1.165) is 11.1 Å². The summed E-state index contributed by atoms with van der Waals surface area (Å²) in [6, 6.07) is 10.3. The highest BCUT2D eigenvalue weighted by molar-refractivity contribution is 5.94. The number of aryl methyl sites for hydroxylation is 1. The molecule has 0 saturated carbocycles. The minimum absolute atomic E-state index is 0.192. The third kappa shape index (κ3) is 2.86. The normalized spacial score (nSPS) is 12.1. The molecule has 122 valence electrons. The number of para-hydroxylation sites is 1. The van der Waals surface area contributed by atoms with Gasteiger partial charge in [0.1, 0.15) is 0 Å².